The minimum absolute atomic E-state index is 0.166. The summed E-state index contributed by atoms with van der Waals surface area (Å²) >= 11 is 6.90. The lowest BCUT2D eigenvalue weighted by atomic mass is 9.96. The lowest BCUT2D eigenvalue weighted by Gasteiger charge is -2.30. The molecule has 6 heteroatoms. The van der Waals surface area contributed by atoms with Gasteiger partial charge in [0, 0.05) is 10.6 Å². The molecule has 0 saturated heterocycles. The van der Waals surface area contributed by atoms with E-state index in [9.17, 15) is 4.79 Å². The molecule has 1 heterocycles. The van der Waals surface area contributed by atoms with Gasteiger partial charge in [0.05, 0.1) is 17.7 Å². The van der Waals surface area contributed by atoms with Crippen molar-refractivity contribution in [2.24, 2.45) is 0 Å². The van der Waals surface area contributed by atoms with Crippen molar-refractivity contribution in [3.63, 3.8) is 0 Å². The first-order valence-electron chi connectivity index (χ1n) is 7.05. The van der Waals surface area contributed by atoms with Crippen LogP contribution in [-0.2, 0) is 9.53 Å². The summed E-state index contributed by atoms with van der Waals surface area (Å²) in [6, 6.07) is 7.79. The molecule has 0 aromatic heterocycles. The molecule has 1 aliphatic heterocycles. The third-order valence-corrected chi connectivity index (χ3v) is 4.24. The van der Waals surface area contributed by atoms with Crippen molar-refractivity contribution in [3.8, 4) is 0 Å². The van der Waals surface area contributed by atoms with Gasteiger partial charge in [0.25, 0.3) is 0 Å². The largest absolute Gasteiger partial charge is 0.459 e. The van der Waals surface area contributed by atoms with Gasteiger partial charge in [-0.25, -0.2) is 4.79 Å². The van der Waals surface area contributed by atoms with Gasteiger partial charge in [0.15, 0.2) is 5.11 Å². The summed E-state index contributed by atoms with van der Waals surface area (Å²) in [6.07, 6.45) is 1.86. The van der Waals surface area contributed by atoms with Gasteiger partial charge in [-0.2, -0.15) is 0 Å². The van der Waals surface area contributed by atoms with Gasteiger partial charge in [-0.15, -0.1) is 11.8 Å². The van der Waals surface area contributed by atoms with E-state index < -0.39 is 0 Å². The Hall–Kier alpha value is -1.53. The summed E-state index contributed by atoms with van der Waals surface area (Å²) in [6.45, 7) is 5.52. The topological polar surface area (TPSA) is 50.4 Å². The Morgan fingerprint density at radius 1 is 1.32 bits per heavy atom. The minimum Gasteiger partial charge on any atom is -0.459 e. The van der Waals surface area contributed by atoms with Crippen molar-refractivity contribution in [2.45, 2.75) is 37.8 Å². The third-order valence-electron chi connectivity index (χ3n) is 3.28. The predicted octanol–water partition coefficient (Wildman–Crippen LogP) is 3.15. The molecule has 118 valence electrons. The van der Waals surface area contributed by atoms with Gasteiger partial charge in [0.1, 0.15) is 0 Å². The molecule has 1 aromatic rings. The van der Waals surface area contributed by atoms with E-state index in [1.807, 2.05) is 51.3 Å². The average molecular weight is 336 g/mol. The van der Waals surface area contributed by atoms with Crippen molar-refractivity contribution >= 4 is 35.1 Å². The summed E-state index contributed by atoms with van der Waals surface area (Å²) in [4.78, 5) is 13.6. The quantitative estimate of drug-likeness (QED) is 0.500. The molecule has 0 saturated carbocycles. The second-order valence-corrected chi connectivity index (χ2v) is 6.59. The van der Waals surface area contributed by atoms with E-state index in [2.05, 4.69) is 10.6 Å². The van der Waals surface area contributed by atoms with Crippen LogP contribution in [0.15, 0.2) is 40.4 Å². The second kappa shape index (κ2) is 7.15. The van der Waals surface area contributed by atoms with Gasteiger partial charge >= 0.3 is 5.97 Å². The highest BCUT2D eigenvalue weighted by Gasteiger charge is 2.31. The highest BCUT2D eigenvalue weighted by atomic mass is 32.2. The summed E-state index contributed by atoms with van der Waals surface area (Å²) in [5, 5.41) is 6.67. The summed E-state index contributed by atoms with van der Waals surface area (Å²) in [5.41, 5.74) is 2.28. The van der Waals surface area contributed by atoms with Crippen molar-refractivity contribution in [2.75, 3.05) is 6.26 Å². The number of esters is 1. The standard InChI is InChI=1S/C16H20N2O2S2/c1-9(2)20-15(19)13-10(3)17-16(21)18-14(13)11-5-7-12(22-4)8-6-11/h5-9,14H,1-4H3,(H2,17,18,21)/t14-/m0/s1. The number of thiocarbonyl (C=S) groups is 1. The van der Waals surface area contributed by atoms with Crippen LogP contribution in [0.3, 0.4) is 0 Å². The molecule has 1 atom stereocenters. The molecular weight excluding hydrogens is 316 g/mol. The Morgan fingerprint density at radius 2 is 1.95 bits per heavy atom. The first-order valence-corrected chi connectivity index (χ1v) is 8.69. The molecule has 0 fully saturated rings. The molecule has 0 spiro atoms. The number of carbonyl (C=O) groups excluding carboxylic acids is 1. The van der Waals surface area contributed by atoms with E-state index in [-0.39, 0.29) is 18.1 Å². The van der Waals surface area contributed by atoms with E-state index >= 15 is 0 Å². The van der Waals surface area contributed by atoms with Crippen molar-refractivity contribution in [1.29, 1.82) is 0 Å². The maximum absolute atomic E-state index is 12.4. The SMILES string of the molecule is CSc1ccc([C@@H]2NC(=S)NC(C)=C2C(=O)OC(C)C)cc1. The molecule has 4 nitrogen and oxygen atoms in total. The molecule has 0 unspecified atom stereocenters. The zero-order chi connectivity index (χ0) is 16.3. The summed E-state index contributed by atoms with van der Waals surface area (Å²) in [5.74, 6) is -0.325. The van der Waals surface area contributed by atoms with Gasteiger partial charge < -0.3 is 15.4 Å². The molecule has 0 radical (unpaired) electrons. The second-order valence-electron chi connectivity index (χ2n) is 5.30. The number of hydrogen-bond donors (Lipinski definition) is 2. The van der Waals surface area contributed by atoms with E-state index in [4.69, 9.17) is 17.0 Å². The minimum atomic E-state index is -0.325. The smallest absolute Gasteiger partial charge is 0.338 e. The Bertz CT molecular complexity index is 609. The van der Waals surface area contributed by atoms with E-state index in [0.29, 0.717) is 10.7 Å². The number of benzene rings is 1. The first kappa shape index (κ1) is 16.8. The molecule has 0 amide bonds. The molecule has 0 bridgehead atoms. The maximum Gasteiger partial charge on any atom is 0.338 e. The number of rotatable bonds is 4. The van der Waals surface area contributed by atoms with Crippen LogP contribution >= 0.6 is 24.0 Å². The molecule has 0 aliphatic carbocycles. The zero-order valence-electron chi connectivity index (χ0n) is 13.1. The molecule has 2 N–H and O–H groups in total. The Kier molecular flexibility index (Phi) is 5.47. The van der Waals surface area contributed by atoms with Gasteiger partial charge in [-0.05, 0) is 56.9 Å². The van der Waals surface area contributed by atoms with Crippen LogP contribution in [0.2, 0.25) is 0 Å². The van der Waals surface area contributed by atoms with Crippen molar-refractivity contribution in [1.82, 2.24) is 10.6 Å². The molecule has 2 rings (SSSR count). The van der Waals surface area contributed by atoms with E-state index in [0.717, 1.165) is 11.3 Å². The van der Waals surface area contributed by atoms with Gasteiger partial charge in [0.2, 0.25) is 0 Å². The summed E-state index contributed by atoms with van der Waals surface area (Å²) < 4.78 is 5.37. The van der Waals surface area contributed by atoms with Crippen LogP contribution < -0.4 is 10.6 Å². The highest BCUT2D eigenvalue weighted by Crippen LogP contribution is 2.29. The molecule has 22 heavy (non-hydrogen) atoms. The van der Waals surface area contributed by atoms with Crippen LogP contribution in [-0.4, -0.2) is 23.4 Å². The molecular formula is C16H20N2O2S2. The highest BCUT2D eigenvalue weighted by molar-refractivity contribution is 7.98. The summed E-state index contributed by atoms with van der Waals surface area (Å²) in [7, 11) is 0. The zero-order valence-corrected chi connectivity index (χ0v) is 14.7. The average Bonchev–Trinajstić information content (AvgIpc) is 2.45. The number of nitrogens with one attached hydrogen (secondary N) is 2. The number of carbonyl (C=O) groups is 1. The first-order chi connectivity index (χ1) is 10.4. The van der Waals surface area contributed by atoms with Crippen LogP contribution in [0.1, 0.15) is 32.4 Å². The maximum atomic E-state index is 12.4. The van der Waals surface area contributed by atoms with E-state index in [1.54, 1.807) is 11.8 Å². The lowest BCUT2D eigenvalue weighted by Crippen LogP contribution is -2.45. The molecule has 1 aliphatic rings. The Labute approximate surface area is 140 Å². The van der Waals surface area contributed by atoms with Crippen LogP contribution in [0.25, 0.3) is 0 Å². The van der Waals surface area contributed by atoms with Gasteiger partial charge in [-0.3, -0.25) is 0 Å². The van der Waals surface area contributed by atoms with Crippen molar-refractivity contribution in [3.05, 3.63) is 41.1 Å². The van der Waals surface area contributed by atoms with E-state index in [1.165, 1.54) is 4.90 Å². The normalized spacial score (nSPS) is 18.0. The van der Waals surface area contributed by atoms with Crippen LogP contribution in [0.5, 0.6) is 0 Å². The predicted molar refractivity (Wildman–Crippen MR) is 93.8 cm³/mol. The number of thioether (sulfide) groups is 1. The lowest BCUT2D eigenvalue weighted by molar-refractivity contribution is -0.143. The fourth-order valence-corrected chi connectivity index (χ4v) is 2.97. The Balaban J connectivity index is 2.38. The monoisotopic (exact) mass is 336 g/mol. The Morgan fingerprint density at radius 3 is 2.50 bits per heavy atom. The fourth-order valence-electron chi connectivity index (χ4n) is 2.29. The third kappa shape index (κ3) is 3.81. The number of allylic oxidation sites excluding steroid dienone is 1. The van der Waals surface area contributed by atoms with Crippen molar-refractivity contribution < 1.29 is 9.53 Å². The number of hydrogen-bond acceptors (Lipinski definition) is 4. The number of ether oxygens (including phenoxy) is 1. The van der Waals surface area contributed by atoms with Gasteiger partial charge in [-0.1, -0.05) is 12.1 Å². The van der Waals surface area contributed by atoms with Crippen LogP contribution in [0, 0.1) is 0 Å². The van der Waals surface area contributed by atoms with Crippen LogP contribution in [0.4, 0.5) is 0 Å². The fraction of sp³-hybridized carbons (Fsp3) is 0.375. The molecule has 1 aromatic carbocycles.